The average Bonchev–Trinajstić information content (AvgIpc) is 2.65. The monoisotopic (exact) mass is 368 g/mol. The molecule has 0 aromatic carbocycles. The number of hydrogen-bond acceptors (Lipinski definition) is 3. The van der Waals surface area contributed by atoms with Gasteiger partial charge < -0.3 is 10.6 Å². The molecule has 98 valence electrons. The van der Waals surface area contributed by atoms with Crippen molar-refractivity contribution in [2.24, 2.45) is 4.99 Å². The van der Waals surface area contributed by atoms with E-state index in [0.717, 1.165) is 42.7 Å². The van der Waals surface area contributed by atoms with E-state index in [-0.39, 0.29) is 24.0 Å². The van der Waals surface area contributed by atoms with Crippen LogP contribution in [0.15, 0.2) is 10.4 Å². The molecule has 0 fully saturated rings. The zero-order valence-electron chi connectivity index (χ0n) is 10.6. The Morgan fingerprint density at radius 1 is 1.35 bits per heavy atom. The molecule has 1 rings (SSSR count). The van der Waals surface area contributed by atoms with Gasteiger partial charge in [-0.1, -0.05) is 0 Å². The van der Waals surface area contributed by atoms with Crippen LogP contribution in [0.5, 0.6) is 0 Å². The number of guanidine groups is 1. The second kappa shape index (κ2) is 9.64. The molecule has 0 bridgehead atoms. The molecule has 0 aliphatic heterocycles. The topological polar surface area (TPSA) is 49.3 Å². The summed E-state index contributed by atoms with van der Waals surface area (Å²) in [5.41, 5.74) is 1.14. The van der Waals surface area contributed by atoms with Gasteiger partial charge in [0.1, 0.15) is 0 Å². The van der Waals surface area contributed by atoms with Crippen molar-refractivity contribution in [1.29, 1.82) is 0 Å². The fourth-order valence-corrected chi connectivity index (χ4v) is 1.96. The minimum absolute atomic E-state index is 0. The molecule has 0 atom stereocenters. The molecule has 17 heavy (non-hydrogen) atoms. The van der Waals surface area contributed by atoms with Crippen LogP contribution in [-0.4, -0.2) is 30.6 Å². The molecule has 2 N–H and O–H groups in total. The summed E-state index contributed by atoms with van der Waals surface area (Å²) < 4.78 is 0. The summed E-state index contributed by atoms with van der Waals surface area (Å²) in [6.07, 6.45) is 0.907. The van der Waals surface area contributed by atoms with E-state index in [1.807, 2.05) is 6.92 Å². The molecular formula is C11H21IN4S. The van der Waals surface area contributed by atoms with Gasteiger partial charge in [0, 0.05) is 31.4 Å². The SMILES string of the molecule is CCNC(=NCCc1csc(C)n1)NCC.I. The van der Waals surface area contributed by atoms with Gasteiger partial charge in [-0.15, -0.1) is 35.3 Å². The van der Waals surface area contributed by atoms with Crippen LogP contribution < -0.4 is 10.6 Å². The van der Waals surface area contributed by atoms with Gasteiger partial charge in [0.05, 0.1) is 10.7 Å². The first-order chi connectivity index (χ1) is 7.76. The lowest BCUT2D eigenvalue weighted by Crippen LogP contribution is -2.37. The summed E-state index contributed by atoms with van der Waals surface area (Å²) in [5, 5.41) is 9.62. The third kappa shape index (κ3) is 6.82. The Kier molecular flexibility index (Phi) is 9.43. The second-order valence-electron chi connectivity index (χ2n) is 3.40. The number of halogens is 1. The predicted molar refractivity (Wildman–Crippen MR) is 85.6 cm³/mol. The number of hydrogen-bond donors (Lipinski definition) is 2. The average molecular weight is 368 g/mol. The van der Waals surface area contributed by atoms with E-state index in [1.54, 1.807) is 11.3 Å². The van der Waals surface area contributed by atoms with Gasteiger partial charge in [-0.25, -0.2) is 4.98 Å². The summed E-state index contributed by atoms with van der Waals surface area (Å²) in [5.74, 6) is 0.886. The Morgan fingerprint density at radius 2 is 2.00 bits per heavy atom. The fourth-order valence-electron chi connectivity index (χ4n) is 1.31. The maximum absolute atomic E-state index is 4.47. The third-order valence-electron chi connectivity index (χ3n) is 1.99. The summed E-state index contributed by atoms with van der Waals surface area (Å²) >= 11 is 1.69. The Morgan fingerprint density at radius 3 is 2.47 bits per heavy atom. The first-order valence-corrected chi connectivity index (χ1v) is 6.57. The molecule has 0 radical (unpaired) electrons. The minimum Gasteiger partial charge on any atom is -0.357 e. The zero-order chi connectivity index (χ0) is 11.8. The lowest BCUT2D eigenvalue weighted by atomic mass is 10.3. The van der Waals surface area contributed by atoms with Gasteiger partial charge in [-0.3, -0.25) is 4.99 Å². The molecule has 1 aromatic rings. The quantitative estimate of drug-likeness (QED) is 0.476. The van der Waals surface area contributed by atoms with Crippen LogP contribution in [0.2, 0.25) is 0 Å². The van der Waals surface area contributed by atoms with Gasteiger partial charge in [0.2, 0.25) is 0 Å². The van der Waals surface area contributed by atoms with Crippen LogP contribution in [0.1, 0.15) is 24.5 Å². The highest BCUT2D eigenvalue weighted by Gasteiger charge is 1.98. The van der Waals surface area contributed by atoms with Crippen LogP contribution in [0.25, 0.3) is 0 Å². The highest BCUT2D eigenvalue weighted by molar-refractivity contribution is 14.0. The van der Waals surface area contributed by atoms with E-state index >= 15 is 0 Å². The molecule has 0 aliphatic carbocycles. The van der Waals surface area contributed by atoms with E-state index in [2.05, 4.69) is 39.8 Å². The minimum atomic E-state index is 0. The molecule has 4 nitrogen and oxygen atoms in total. The highest BCUT2D eigenvalue weighted by Crippen LogP contribution is 2.08. The van der Waals surface area contributed by atoms with E-state index in [0.29, 0.717) is 0 Å². The van der Waals surface area contributed by atoms with Crippen LogP contribution in [-0.2, 0) is 6.42 Å². The van der Waals surface area contributed by atoms with E-state index in [4.69, 9.17) is 0 Å². The third-order valence-corrected chi connectivity index (χ3v) is 2.82. The van der Waals surface area contributed by atoms with Crippen LogP contribution in [0.4, 0.5) is 0 Å². The Labute approximate surface area is 124 Å². The van der Waals surface area contributed by atoms with Crippen molar-refractivity contribution >= 4 is 41.3 Å². The molecule has 0 saturated carbocycles. The number of rotatable bonds is 5. The number of aryl methyl sites for hydroxylation is 1. The number of aliphatic imine (C=N–C) groups is 1. The van der Waals surface area contributed by atoms with Crippen molar-refractivity contribution in [2.45, 2.75) is 27.2 Å². The zero-order valence-corrected chi connectivity index (χ0v) is 13.8. The van der Waals surface area contributed by atoms with Gasteiger partial charge in [0.25, 0.3) is 0 Å². The summed E-state index contributed by atoms with van der Waals surface area (Å²) in [6, 6.07) is 0. The summed E-state index contributed by atoms with van der Waals surface area (Å²) in [4.78, 5) is 8.87. The largest absolute Gasteiger partial charge is 0.357 e. The van der Waals surface area contributed by atoms with Gasteiger partial charge in [0.15, 0.2) is 5.96 Å². The number of aromatic nitrogens is 1. The number of nitrogens with one attached hydrogen (secondary N) is 2. The number of thiazole rings is 1. The molecule has 0 aliphatic rings. The molecule has 1 aromatic heterocycles. The molecule has 0 amide bonds. The molecule has 0 spiro atoms. The molecule has 0 saturated heterocycles. The van der Waals surface area contributed by atoms with E-state index in [9.17, 15) is 0 Å². The maximum atomic E-state index is 4.47. The van der Waals surface area contributed by atoms with Crippen LogP contribution in [0, 0.1) is 6.92 Å². The van der Waals surface area contributed by atoms with Gasteiger partial charge >= 0.3 is 0 Å². The summed E-state index contributed by atoms with van der Waals surface area (Å²) in [6.45, 7) is 8.72. The first kappa shape index (κ1) is 16.6. The first-order valence-electron chi connectivity index (χ1n) is 5.69. The lowest BCUT2D eigenvalue weighted by molar-refractivity contribution is 0.828. The van der Waals surface area contributed by atoms with Crippen molar-refractivity contribution in [3.8, 4) is 0 Å². The van der Waals surface area contributed by atoms with Crippen LogP contribution in [0.3, 0.4) is 0 Å². The summed E-state index contributed by atoms with van der Waals surface area (Å²) in [7, 11) is 0. The molecule has 1 heterocycles. The molecular weight excluding hydrogens is 347 g/mol. The highest BCUT2D eigenvalue weighted by atomic mass is 127. The lowest BCUT2D eigenvalue weighted by Gasteiger charge is -2.08. The Balaban J connectivity index is 0.00000256. The van der Waals surface area contributed by atoms with Gasteiger partial charge in [-0.05, 0) is 20.8 Å². The Hall–Kier alpha value is -0.370. The Bertz CT molecular complexity index is 330. The van der Waals surface area contributed by atoms with Crippen molar-refractivity contribution in [1.82, 2.24) is 15.6 Å². The van der Waals surface area contributed by atoms with Crippen molar-refractivity contribution < 1.29 is 0 Å². The van der Waals surface area contributed by atoms with Crippen molar-refractivity contribution in [3.63, 3.8) is 0 Å². The number of nitrogens with zero attached hydrogens (tertiary/aromatic N) is 2. The second-order valence-corrected chi connectivity index (χ2v) is 4.46. The molecule has 0 unspecified atom stereocenters. The molecule has 6 heteroatoms. The van der Waals surface area contributed by atoms with E-state index in [1.165, 1.54) is 0 Å². The van der Waals surface area contributed by atoms with Crippen molar-refractivity contribution in [2.75, 3.05) is 19.6 Å². The smallest absolute Gasteiger partial charge is 0.191 e. The van der Waals surface area contributed by atoms with Crippen molar-refractivity contribution in [3.05, 3.63) is 16.1 Å². The van der Waals surface area contributed by atoms with Crippen LogP contribution >= 0.6 is 35.3 Å². The maximum Gasteiger partial charge on any atom is 0.191 e. The normalized spacial score (nSPS) is 9.35. The fraction of sp³-hybridized carbons (Fsp3) is 0.636. The standard InChI is InChI=1S/C11H20N4S.HI/c1-4-12-11(13-5-2)14-7-6-10-8-16-9(3)15-10;/h8H,4-7H2,1-3H3,(H2,12,13,14);1H. The predicted octanol–water partition coefficient (Wildman–Crippen LogP) is 2.19. The van der Waals surface area contributed by atoms with Gasteiger partial charge in [-0.2, -0.15) is 0 Å². The van der Waals surface area contributed by atoms with E-state index < -0.39 is 0 Å².